The summed E-state index contributed by atoms with van der Waals surface area (Å²) in [5.41, 5.74) is 1.83. The van der Waals surface area contributed by atoms with Gasteiger partial charge in [0.15, 0.2) is 9.74 Å². The number of Topliss-reactive ketones (excluding diaryl/α,β-unsaturated/α-hetero) is 1. The molecule has 2 rings (SSSR count). The number of nitrogens with one attached hydrogen (secondary N) is 1. The van der Waals surface area contributed by atoms with Crippen molar-refractivity contribution in [3.05, 3.63) is 39.2 Å². The molecule has 0 bridgehead atoms. The Morgan fingerprint density at radius 1 is 1.33 bits per heavy atom. The van der Waals surface area contributed by atoms with Crippen LogP contribution in [0.5, 0.6) is 0 Å². The van der Waals surface area contributed by atoms with Crippen molar-refractivity contribution < 1.29 is 4.79 Å². The van der Waals surface area contributed by atoms with E-state index in [1.807, 2.05) is 30.3 Å². The summed E-state index contributed by atoms with van der Waals surface area (Å²) < 4.78 is 0.638. The summed E-state index contributed by atoms with van der Waals surface area (Å²) >= 11 is 6.38. The molecule has 0 fully saturated rings. The Labute approximate surface area is 96.6 Å². The lowest BCUT2D eigenvalue weighted by Crippen LogP contribution is -1.91. The summed E-state index contributed by atoms with van der Waals surface area (Å²) in [6.07, 6.45) is 0. The maximum atomic E-state index is 11.4. The van der Waals surface area contributed by atoms with Crippen LogP contribution < -0.4 is 0 Å². The number of hydrogen-bond donors (Lipinski definition) is 1. The normalized spacial score (nSPS) is 10.2. The van der Waals surface area contributed by atoms with Crippen molar-refractivity contribution in [2.75, 3.05) is 0 Å². The van der Waals surface area contributed by atoms with Gasteiger partial charge in [-0.3, -0.25) is 4.79 Å². The van der Waals surface area contributed by atoms with Gasteiger partial charge in [-0.1, -0.05) is 30.3 Å². The molecule has 1 aromatic heterocycles. The van der Waals surface area contributed by atoms with Gasteiger partial charge < -0.3 is 4.98 Å². The minimum Gasteiger partial charge on any atom is -0.336 e. The number of thiazole rings is 1. The Balaban J connectivity index is 2.63. The summed E-state index contributed by atoms with van der Waals surface area (Å²) in [4.78, 5) is 15.2. The van der Waals surface area contributed by atoms with E-state index in [0.717, 1.165) is 11.3 Å². The molecule has 0 aliphatic rings. The number of aromatic amines is 1. The summed E-state index contributed by atoms with van der Waals surface area (Å²) in [5, 5.41) is 0. The van der Waals surface area contributed by atoms with E-state index in [4.69, 9.17) is 12.2 Å². The first kappa shape index (κ1) is 10.3. The van der Waals surface area contributed by atoms with E-state index in [0.29, 0.717) is 8.83 Å². The monoisotopic (exact) mass is 235 g/mol. The van der Waals surface area contributed by atoms with Gasteiger partial charge in [0.1, 0.15) is 0 Å². The number of hydrogen-bond acceptors (Lipinski definition) is 3. The van der Waals surface area contributed by atoms with Crippen molar-refractivity contribution in [1.29, 1.82) is 0 Å². The molecular weight excluding hydrogens is 226 g/mol. The fourth-order valence-corrected chi connectivity index (χ4v) is 2.49. The Morgan fingerprint density at radius 2 is 2.00 bits per heavy atom. The van der Waals surface area contributed by atoms with Gasteiger partial charge in [0.25, 0.3) is 0 Å². The minimum atomic E-state index is 0.0474. The quantitative estimate of drug-likeness (QED) is 0.636. The highest BCUT2D eigenvalue weighted by Gasteiger charge is 2.11. The summed E-state index contributed by atoms with van der Waals surface area (Å²) in [5.74, 6) is 0.0474. The molecule has 2 aromatic rings. The summed E-state index contributed by atoms with van der Waals surface area (Å²) in [6.45, 7) is 1.56. The first-order valence-electron chi connectivity index (χ1n) is 4.48. The summed E-state index contributed by atoms with van der Waals surface area (Å²) in [6, 6.07) is 9.74. The second-order valence-electron chi connectivity index (χ2n) is 3.14. The van der Waals surface area contributed by atoms with E-state index in [1.165, 1.54) is 11.3 Å². The highest BCUT2D eigenvalue weighted by atomic mass is 32.1. The SMILES string of the molecule is CC(=O)c1sc(=S)[nH]c1-c1ccccc1. The number of carbonyl (C=O) groups excluding carboxylic acids is 1. The van der Waals surface area contributed by atoms with Gasteiger partial charge in [-0.05, 0) is 17.8 Å². The van der Waals surface area contributed by atoms with Crippen LogP contribution in [0.4, 0.5) is 0 Å². The van der Waals surface area contributed by atoms with Crippen LogP contribution in [0.1, 0.15) is 16.6 Å². The van der Waals surface area contributed by atoms with Crippen molar-refractivity contribution in [2.45, 2.75) is 6.92 Å². The van der Waals surface area contributed by atoms with Crippen LogP contribution in [0.15, 0.2) is 30.3 Å². The first-order chi connectivity index (χ1) is 7.18. The molecule has 0 saturated carbocycles. The van der Waals surface area contributed by atoms with E-state index >= 15 is 0 Å². The van der Waals surface area contributed by atoms with Crippen LogP contribution in [0.3, 0.4) is 0 Å². The van der Waals surface area contributed by atoms with Gasteiger partial charge in [0.05, 0.1) is 10.6 Å². The van der Waals surface area contributed by atoms with Crippen LogP contribution >= 0.6 is 23.6 Å². The summed E-state index contributed by atoms with van der Waals surface area (Å²) in [7, 11) is 0. The molecular formula is C11H9NOS2. The Morgan fingerprint density at radius 3 is 2.60 bits per heavy atom. The predicted octanol–water partition coefficient (Wildman–Crippen LogP) is 3.68. The second-order valence-corrected chi connectivity index (χ2v) is 4.83. The third-order valence-corrected chi connectivity index (χ3v) is 3.37. The molecule has 4 heteroatoms. The van der Waals surface area contributed by atoms with Crippen LogP contribution in [0.2, 0.25) is 0 Å². The predicted molar refractivity (Wildman–Crippen MR) is 64.9 cm³/mol. The minimum absolute atomic E-state index is 0.0474. The lowest BCUT2D eigenvalue weighted by molar-refractivity contribution is 0.102. The molecule has 0 atom stereocenters. The fraction of sp³-hybridized carbons (Fsp3) is 0.0909. The Bertz CT molecular complexity index is 539. The van der Waals surface area contributed by atoms with Crippen molar-refractivity contribution in [2.24, 2.45) is 0 Å². The van der Waals surface area contributed by atoms with E-state index in [1.54, 1.807) is 6.92 Å². The number of carbonyl (C=O) groups is 1. The number of H-pyrrole nitrogens is 1. The third-order valence-electron chi connectivity index (χ3n) is 2.03. The zero-order chi connectivity index (χ0) is 10.8. The van der Waals surface area contributed by atoms with Gasteiger partial charge in [0, 0.05) is 6.92 Å². The number of benzene rings is 1. The highest BCUT2D eigenvalue weighted by Crippen LogP contribution is 2.26. The molecule has 76 valence electrons. The molecule has 1 heterocycles. The number of aromatic nitrogens is 1. The molecule has 0 aliphatic heterocycles. The first-order valence-corrected chi connectivity index (χ1v) is 5.70. The molecule has 0 unspecified atom stereocenters. The zero-order valence-electron chi connectivity index (χ0n) is 8.11. The standard InChI is InChI=1S/C11H9NOS2/c1-7(13)10-9(12-11(14)15-10)8-5-3-2-4-6-8/h2-6H,1H3,(H,12,14). The van der Waals surface area contributed by atoms with Gasteiger partial charge in [-0.2, -0.15) is 0 Å². The van der Waals surface area contributed by atoms with Crippen LogP contribution in [0, 0.1) is 3.95 Å². The van der Waals surface area contributed by atoms with Crippen LogP contribution in [-0.4, -0.2) is 10.8 Å². The van der Waals surface area contributed by atoms with Crippen molar-refractivity contribution >= 4 is 29.3 Å². The van der Waals surface area contributed by atoms with Crippen molar-refractivity contribution in [3.8, 4) is 11.3 Å². The highest BCUT2D eigenvalue weighted by molar-refractivity contribution is 7.73. The van der Waals surface area contributed by atoms with E-state index in [9.17, 15) is 4.79 Å². The topological polar surface area (TPSA) is 32.9 Å². The lowest BCUT2D eigenvalue weighted by Gasteiger charge is -1.99. The molecule has 1 N–H and O–H groups in total. The van der Waals surface area contributed by atoms with E-state index in [2.05, 4.69) is 4.98 Å². The van der Waals surface area contributed by atoms with E-state index < -0.39 is 0 Å². The van der Waals surface area contributed by atoms with Gasteiger partial charge in [-0.25, -0.2) is 0 Å². The molecule has 0 spiro atoms. The van der Waals surface area contributed by atoms with Gasteiger partial charge >= 0.3 is 0 Å². The van der Waals surface area contributed by atoms with Crippen molar-refractivity contribution in [1.82, 2.24) is 4.98 Å². The molecule has 0 saturated heterocycles. The van der Waals surface area contributed by atoms with Gasteiger partial charge in [-0.15, -0.1) is 11.3 Å². The van der Waals surface area contributed by atoms with Gasteiger partial charge in [0.2, 0.25) is 0 Å². The maximum absolute atomic E-state index is 11.4. The van der Waals surface area contributed by atoms with Crippen molar-refractivity contribution in [3.63, 3.8) is 0 Å². The molecule has 2 nitrogen and oxygen atoms in total. The molecule has 0 amide bonds. The molecule has 0 radical (unpaired) electrons. The second kappa shape index (κ2) is 4.08. The van der Waals surface area contributed by atoms with E-state index in [-0.39, 0.29) is 5.78 Å². The van der Waals surface area contributed by atoms with Crippen LogP contribution in [-0.2, 0) is 0 Å². The number of ketones is 1. The van der Waals surface area contributed by atoms with Crippen LogP contribution in [0.25, 0.3) is 11.3 Å². The fourth-order valence-electron chi connectivity index (χ4n) is 1.38. The Hall–Kier alpha value is -1.26. The Kier molecular flexibility index (Phi) is 2.79. The molecule has 0 aliphatic carbocycles. The third kappa shape index (κ3) is 2.06. The molecule has 15 heavy (non-hydrogen) atoms. The zero-order valence-corrected chi connectivity index (χ0v) is 9.74. The lowest BCUT2D eigenvalue weighted by atomic mass is 10.1. The maximum Gasteiger partial charge on any atom is 0.171 e. The average Bonchev–Trinajstić information content (AvgIpc) is 2.62. The molecule has 1 aromatic carbocycles. The largest absolute Gasteiger partial charge is 0.336 e. The average molecular weight is 235 g/mol. The number of rotatable bonds is 2. The smallest absolute Gasteiger partial charge is 0.171 e.